The molecule has 0 N–H and O–H groups in total. The number of halogens is 5. The van der Waals surface area contributed by atoms with Crippen LogP contribution in [0.1, 0.15) is 32.1 Å². The molecule has 9 heteroatoms. The van der Waals surface area contributed by atoms with Gasteiger partial charge in [-0.2, -0.15) is 4.98 Å². The standard InChI is InChI=1S/C16H17ClF4N2O2/c1-23-14-12(21)15(24-7-9(18)19)10(17)11(20)13(14)22-16(23)25-8-5-3-2-4-6-8/h8-9H,2-7H2,1H3. The predicted octanol–water partition coefficient (Wildman–Crippen LogP) is 4.86. The summed E-state index contributed by atoms with van der Waals surface area (Å²) in [6, 6.07) is 0.0572. The molecule has 3 rings (SSSR count). The lowest BCUT2D eigenvalue weighted by Crippen LogP contribution is -2.21. The third-order valence-corrected chi connectivity index (χ3v) is 4.58. The summed E-state index contributed by atoms with van der Waals surface area (Å²) >= 11 is 5.74. The lowest BCUT2D eigenvalue weighted by Gasteiger charge is -2.22. The topological polar surface area (TPSA) is 36.3 Å². The summed E-state index contributed by atoms with van der Waals surface area (Å²) in [5, 5.41) is -0.715. The predicted molar refractivity (Wildman–Crippen MR) is 84.6 cm³/mol. The first-order chi connectivity index (χ1) is 11.9. The normalized spacial score (nSPS) is 16.0. The minimum absolute atomic E-state index is 0.0572. The zero-order valence-electron chi connectivity index (χ0n) is 13.5. The molecule has 4 nitrogen and oxygen atoms in total. The van der Waals surface area contributed by atoms with E-state index in [1.807, 2.05) is 0 Å². The van der Waals surface area contributed by atoms with Crippen LogP contribution in [-0.4, -0.2) is 28.7 Å². The van der Waals surface area contributed by atoms with Gasteiger partial charge in [0.15, 0.2) is 17.4 Å². The third kappa shape index (κ3) is 3.49. The molecule has 0 unspecified atom stereocenters. The highest BCUT2D eigenvalue weighted by Crippen LogP contribution is 2.39. The number of hydrogen-bond acceptors (Lipinski definition) is 3. The molecule has 0 aliphatic heterocycles. The van der Waals surface area contributed by atoms with Crippen molar-refractivity contribution in [1.82, 2.24) is 9.55 Å². The minimum atomic E-state index is -2.84. The van der Waals surface area contributed by atoms with Gasteiger partial charge >= 0.3 is 0 Å². The molecule has 0 amide bonds. The highest BCUT2D eigenvalue weighted by atomic mass is 35.5. The second-order valence-corrected chi connectivity index (χ2v) is 6.38. The van der Waals surface area contributed by atoms with E-state index in [2.05, 4.69) is 9.72 Å². The van der Waals surface area contributed by atoms with E-state index in [1.54, 1.807) is 0 Å². The van der Waals surface area contributed by atoms with Crippen molar-refractivity contribution >= 4 is 22.6 Å². The van der Waals surface area contributed by atoms with Crippen molar-refractivity contribution in [2.75, 3.05) is 6.61 Å². The zero-order valence-corrected chi connectivity index (χ0v) is 14.3. The molecular weight excluding hydrogens is 364 g/mol. The highest BCUT2D eigenvalue weighted by Gasteiger charge is 2.27. The molecule has 1 saturated carbocycles. The fourth-order valence-electron chi connectivity index (χ4n) is 3.00. The molecule has 25 heavy (non-hydrogen) atoms. The van der Waals surface area contributed by atoms with Crippen LogP contribution in [-0.2, 0) is 7.05 Å². The molecule has 1 fully saturated rings. The molecule has 0 atom stereocenters. The summed E-state index contributed by atoms with van der Waals surface area (Å²) in [7, 11) is 1.46. The Hall–Kier alpha value is -1.70. The van der Waals surface area contributed by atoms with Gasteiger partial charge in [-0.05, 0) is 25.7 Å². The maximum atomic E-state index is 14.7. The molecule has 1 aliphatic rings. The largest absolute Gasteiger partial charge is 0.483 e. The second-order valence-electron chi connectivity index (χ2n) is 6.00. The van der Waals surface area contributed by atoms with E-state index in [4.69, 9.17) is 16.3 Å². The minimum Gasteiger partial charge on any atom is -0.483 e. The van der Waals surface area contributed by atoms with Crippen molar-refractivity contribution in [2.24, 2.45) is 7.05 Å². The van der Waals surface area contributed by atoms with Crippen molar-refractivity contribution in [1.29, 1.82) is 0 Å². The summed E-state index contributed by atoms with van der Waals surface area (Å²) < 4.78 is 65.4. The average molecular weight is 381 g/mol. The number of nitrogens with zero attached hydrogens (tertiary/aromatic N) is 2. The van der Waals surface area contributed by atoms with Crippen molar-refractivity contribution in [3.63, 3.8) is 0 Å². The number of alkyl halides is 2. The van der Waals surface area contributed by atoms with Crippen molar-refractivity contribution in [3.8, 4) is 11.8 Å². The molecule has 0 spiro atoms. The van der Waals surface area contributed by atoms with Gasteiger partial charge in [-0.15, -0.1) is 0 Å². The third-order valence-electron chi connectivity index (χ3n) is 4.24. The summed E-state index contributed by atoms with van der Waals surface area (Å²) in [4.78, 5) is 4.00. The highest BCUT2D eigenvalue weighted by molar-refractivity contribution is 6.33. The van der Waals surface area contributed by atoms with Gasteiger partial charge < -0.3 is 9.47 Å². The second kappa shape index (κ2) is 7.27. The average Bonchev–Trinajstić information content (AvgIpc) is 2.90. The lowest BCUT2D eigenvalue weighted by molar-refractivity contribution is 0.0799. The van der Waals surface area contributed by atoms with E-state index in [0.717, 1.165) is 32.1 Å². The Kier molecular flexibility index (Phi) is 5.27. The number of imidazole rings is 1. The molecule has 0 saturated heterocycles. The molecule has 1 heterocycles. The Labute approximate surface area is 146 Å². The Balaban J connectivity index is 2.01. The summed E-state index contributed by atoms with van der Waals surface area (Å²) in [6.45, 7) is -1.09. The number of fused-ring (bicyclic) bond motifs is 1. The molecule has 0 bridgehead atoms. The maximum Gasteiger partial charge on any atom is 0.297 e. The van der Waals surface area contributed by atoms with Crippen LogP contribution in [0.2, 0.25) is 5.02 Å². The van der Waals surface area contributed by atoms with Gasteiger partial charge in [0, 0.05) is 7.05 Å². The molecule has 138 valence electrons. The van der Waals surface area contributed by atoms with E-state index in [9.17, 15) is 17.6 Å². The number of rotatable bonds is 5. The van der Waals surface area contributed by atoms with Crippen LogP contribution < -0.4 is 9.47 Å². The lowest BCUT2D eigenvalue weighted by atomic mass is 9.98. The van der Waals surface area contributed by atoms with Gasteiger partial charge in [0.25, 0.3) is 12.4 Å². The van der Waals surface area contributed by atoms with Crippen LogP contribution in [0.5, 0.6) is 11.8 Å². The number of aryl methyl sites for hydroxylation is 1. The van der Waals surface area contributed by atoms with Gasteiger partial charge in [-0.3, -0.25) is 4.57 Å². The number of hydrogen-bond donors (Lipinski definition) is 0. The molecule has 1 aromatic heterocycles. The Morgan fingerprint density at radius 2 is 1.88 bits per heavy atom. The first-order valence-electron chi connectivity index (χ1n) is 8.00. The molecule has 0 radical (unpaired) electrons. The van der Waals surface area contributed by atoms with Gasteiger partial charge in [-0.1, -0.05) is 18.0 Å². The van der Waals surface area contributed by atoms with Gasteiger partial charge in [0.1, 0.15) is 28.8 Å². The number of benzene rings is 1. The van der Waals surface area contributed by atoms with Crippen molar-refractivity contribution in [3.05, 3.63) is 16.7 Å². The van der Waals surface area contributed by atoms with Crippen molar-refractivity contribution in [2.45, 2.75) is 44.6 Å². The first-order valence-corrected chi connectivity index (χ1v) is 8.38. The number of ether oxygens (including phenoxy) is 2. The summed E-state index contributed by atoms with van der Waals surface area (Å²) in [6.07, 6.45) is 1.96. The quantitative estimate of drug-likeness (QED) is 0.549. The van der Waals surface area contributed by atoms with E-state index < -0.39 is 35.4 Å². The molecular formula is C16H17ClF4N2O2. The molecule has 2 aromatic rings. The monoisotopic (exact) mass is 380 g/mol. The van der Waals surface area contributed by atoms with Crippen LogP contribution in [0.3, 0.4) is 0 Å². The van der Waals surface area contributed by atoms with E-state index in [-0.39, 0.29) is 23.1 Å². The summed E-state index contributed by atoms with van der Waals surface area (Å²) in [5.74, 6) is -2.83. The van der Waals surface area contributed by atoms with Gasteiger partial charge in [0.05, 0.1) is 0 Å². The van der Waals surface area contributed by atoms with Crippen LogP contribution in [0, 0.1) is 11.6 Å². The Morgan fingerprint density at radius 3 is 2.52 bits per heavy atom. The SMILES string of the molecule is Cn1c(OC2CCCCC2)nc2c(F)c(Cl)c(OCC(F)F)c(F)c21. The fraction of sp³-hybridized carbons (Fsp3) is 0.562. The first kappa shape index (κ1) is 18.1. The van der Waals surface area contributed by atoms with Crippen molar-refractivity contribution < 1.29 is 27.0 Å². The molecule has 1 aliphatic carbocycles. The van der Waals surface area contributed by atoms with Crippen LogP contribution in [0.25, 0.3) is 11.0 Å². The zero-order chi connectivity index (χ0) is 18.1. The van der Waals surface area contributed by atoms with E-state index in [1.165, 1.54) is 11.6 Å². The van der Waals surface area contributed by atoms with Gasteiger partial charge in [-0.25, -0.2) is 17.6 Å². The maximum absolute atomic E-state index is 14.7. The number of aromatic nitrogens is 2. The van der Waals surface area contributed by atoms with Crippen LogP contribution in [0.4, 0.5) is 17.6 Å². The van der Waals surface area contributed by atoms with E-state index in [0.29, 0.717) is 0 Å². The smallest absolute Gasteiger partial charge is 0.297 e. The van der Waals surface area contributed by atoms with Crippen LogP contribution in [0.15, 0.2) is 0 Å². The Morgan fingerprint density at radius 1 is 1.20 bits per heavy atom. The van der Waals surface area contributed by atoms with E-state index >= 15 is 0 Å². The Bertz CT molecular complexity index is 776. The fourth-order valence-corrected chi connectivity index (χ4v) is 3.23. The van der Waals surface area contributed by atoms with Gasteiger partial charge in [0.2, 0.25) is 0 Å². The van der Waals surface area contributed by atoms with Crippen LogP contribution >= 0.6 is 11.6 Å². The summed E-state index contributed by atoms with van der Waals surface area (Å²) in [5.41, 5.74) is -0.558. The molecule has 1 aromatic carbocycles.